The van der Waals surface area contributed by atoms with Gasteiger partial charge in [-0.2, -0.15) is 0 Å². The third kappa shape index (κ3) is 4.09. The third-order valence-electron chi connectivity index (χ3n) is 4.83. The van der Waals surface area contributed by atoms with Crippen molar-refractivity contribution in [2.45, 2.75) is 19.0 Å². The Balaban J connectivity index is 1.27. The zero-order chi connectivity index (χ0) is 19.3. The van der Waals surface area contributed by atoms with Crippen LogP contribution in [-0.2, 0) is 17.8 Å². The van der Waals surface area contributed by atoms with Crippen molar-refractivity contribution in [2.24, 2.45) is 0 Å². The van der Waals surface area contributed by atoms with Crippen LogP contribution in [0.1, 0.15) is 27.7 Å². The predicted molar refractivity (Wildman–Crippen MR) is 103 cm³/mol. The summed E-state index contributed by atoms with van der Waals surface area (Å²) in [5, 5.41) is 10.9. The lowest BCUT2D eigenvalue weighted by Gasteiger charge is -2.38. The second-order valence-corrected chi connectivity index (χ2v) is 6.87. The van der Waals surface area contributed by atoms with Gasteiger partial charge in [0.1, 0.15) is 0 Å². The maximum absolute atomic E-state index is 12.3. The van der Waals surface area contributed by atoms with Crippen LogP contribution < -0.4 is 5.32 Å². The summed E-state index contributed by atoms with van der Waals surface area (Å²) in [4.78, 5) is 26.4. The molecule has 0 saturated carbocycles. The zero-order valence-electron chi connectivity index (χ0n) is 15.4. The van der Waals surface area contributed by atoms with Gasteiger partial charge in [0.2, 0.25) is 5.91 Å². The van der Waals surface area contributed by atoms with Crippen LogP contribution in [-0.4, -0.2) is 44.8 Å². The summed E-state index contributed by atoms with van der Waals surface area (Å²) in [6, 6.07) is 19.5. The molecule has 1 saturated heterocycles. The fraction of sp³-hybridized carbons (Fsp3) is 0.238. The van der Waals surface area contributed by atoms with Gasteiger partial charge in [0.05, 0.1) is 18.7 Å². The first-order valence-electron chi connectivity index (χ1n) is 9.25. The summed E-state index contributed by atoms with van der Waals surface area (Å²) in [7, 11) is 0. The fourth-order valence-corrected chi connectivity index (χ4v) is 3.14. The normalized spacial score (nSPS) is 13.8. The Morgan fingerprint density at radius 1 is 0.964 bits per heavy atom. The number of amides is 2. The van der Waals surface area contributed by atoms with E-state index in [1.54, 1.807) is 15.8 Å². The van der Waals surface area contributed by atoms with Gasteiger partial charge in [0.25, 0.3) is 5.91 Å². The van der Waals surface area contributed by atoms with Crippen LogP contribution in [0.5, 0.6) is 0 Å². The number of benzene rings is 2. The standard InChI is InChI=1S/C21H21N5O2/c27-20(11-16-7-3-1-4-8-16)25-13-18(14-25)26-15-19(23-24-26)21(28)22-12-17-9-5-2-6-10-17/h1-10,15,18H,11-14H2,(H,22,28). The highest BCUT2D eigenvalue weighted by molar-refractivity contribution is 5.91. The van der Waals surface area contributed by atoms with E-state index in [9.17, 15) is 9.59 Å². The van der Waals surface area contributed by atoms with Crippen LogP contribution in [0.2, 0.25) is 0 Å². The molecule has 0 atom stereocenters. The summed E-state index contributed by atoms with van der Waals surface area (Å²) in [6.07, 6.45) is 2.04. The Morgan fingerprint density at radius 3 is 2.29 bits per heavy atom. The number of hydrogen-bond acceptors (Lipinski definition) is 4. The monoisotopic (exact) mass is 375 g/mol. The molecule has 2 aromatic carbocycles. The average molecular weight is 375 g/mol. The number of hydrogen-bond donors (Lipinski definition) is 1. The Labute approximate surface area is 163 Å². The number of aromatic nitrogens is 3. The van der Waals surface area contributed by atoms with E-state index in [0.717, 1.165) is 11.1 Å². The third-order valence-corrected chi connectivity index (χ3v) is 4.83. The smallest absolute Gasteiger partial charge is 0.273 e. The minimum Gasteiger partial charge on any atom is -0.347 e. The molecule has 0 spiro atoms. The second kappa shape index (κ2) is 8.04. The summed E-state index contributed by atoms with van der Waals surface area (Å²) in [6.45, 7) is 1.61. The summed E-state index contributed by atoms with van der Waals surface area (Å²) in [5.74, 6) is -0.158. The largest absolute Gasteiger partial charge is 0.347 e. The van der Waals surface area contributed by atoms with E-state index in [2.05, 4.69) is 15.6 Å². The molecule has 0 radical (unpaired) electrons. The number of carbonyl (C=O) groups excluding carboxylic acids is 2. The first kappa shape index (κ1) is 17.9. The van der Waals surface area contributed by atoms with Crippen LogP contribution >= 0.6 is 0 Å². The lowest BCUT2D eigenvalue weighted by molar-refractivity contribution is -0.136. The lowest BCUT2D eigenvalue weighted by Crippen LogP contribution is -2.51. The van der Waals surface area contributed by atoms with Gasteiger partial charge in [-0.25, -0.2) is 4.68 Å². The molecule has 1 aliphatic heterocycles. The van der Waals surface area contributed by atoms with Gasteiger partial charge in [0, 0.05) is 19.6 Å². The highest BCUT2D eigenvalue weighted by Crippen LogP contribution is 2.21. The Hall–Kier alpha value is -3.48. The van der Waals surface area contributed by atoms with E-state index in [4.69, 9.17) is 0 Å². The quantitative estimate of drug-likeness (QED) is 0.713. The van der Waals surface area contributed by atoms with Gasteiger partial charge in [0.15, 0.2) is 5.69 Å². The maximum Gasteiger partial charge on any atom is 0.273 e. The number of rotatable bonds is 6. The van der Waals surface area contributed by atoms with Crippen molar-refractivity contribution in [1.82, 2.24) is 25.2 Å². The zero-order valence-corrected chi connectivity index (χ0v) is 15.4. The highest BCUT2D eigenvalue weighted by atomic mass is 16.2. The van der Waals surface area contributed by atoms with Gasteiger partial charge in [-0.1, -0.05) is 65.9 Å². The molecule has 1 aliphatic rings. The van der Waals surface area contributed by atoms with Crippen molar-refractivity contribution in [3.8, 4) is 0 Å². The molecule has 28 heavy (non-hydrogen) atoms. The van der Waals surface area contributed by atoms with E-state index >= 15 is 0 Å². The molecule has 3 aromatic rings. The van der Waals surface area contributed by atoms with Crippen LogP contribution in [0.3, 0.4) is 0 Å². The number of likely N-dealkylation sites (tertiary alicyclic amines) is 1. The molecule has 1 N–H and O–H groups in total. The molecular formula is C21H21N5O2. The van der Waals surface area contributed by atoms with Crippen molar-refractivity contribution >= 4 is 11.8 Å². The van der Waals surface area contributed by atoms with E-state index in [1.165, 1.54) is 0 Å². The predicted octanol–water partition coefficient (Wildman–Crippen LogP) is 1.83. The topological polar surface area (TPSA) is 80.1 Å². The molecule has 0 aliphatic carbocycles. The molecule has 2 heterocycles. The lowest BCUT2D eigenvalue weighted by atomic mass is 10.1. The van der Waals surface area contributed by atoms with Crippen LogP contribution in [0.4, 0.5) is 0 Å². The maximum atomic E-state index is 12.3. The van der Waals surface area contributed by atoms with Gasteiger partial charge in [-0.05, 0) is 11.1 Å². The second-order valence-electron chi connectivity index (χ2n) is 6.87. The van der Waals surface area contributed by atoms with Crippen molar-refractivity contribution in [2.75, 3.05) is 13.1 Å². The Morgan fingerprint density at radius 2 is 1.61 bits per heavy atom. The van der Waals surface area contributed by atoms with E-state index in [1.807, 2.05) is 60.7 Å². The van der Waals surface area contributed by atoms with Gasteiger partial charge in [-0.3, -0.25) is 9.59 Å². The molecule has 2 amide bonds. The number of nitrogens with zero attached hydrogens (tertiary/aromatic N) is 4. The van der Waals surface area contributed by atoms with Crippen LogP contribution in [0.15, 0.2) is 66.9 Å². The number of carbonyl (C=O) groups is 2. The minimum atomic E-state index is -0.258. The van der Waals surface area contributed by atoms with Crippen LogP contribution in [0, 0.1) is 0 Å². The summed E-state index contributed by atoms with van der Waals surface area (Å²) in [5.41, 5.74) is 2.31. The van der Waals surface area contributed by atoms with Crippen LogP contribution in [0.25, 0.3) is 0 Å². The van der Waals surface area contributed by atoms with E-state index < -0.39 is 0 Å². The van der Waals surface area contributed by atoms with Gasteiger partial charge < -0.3 is 10.2 Å². The highest BCUT2D eigenvalue weighted by Gasteiger charge is 2.32. The number of nitrogens with one attached hydrogen (secondary N) is 1. The van der Waals surface area contributed by atoms with E-state index in [0.29, 0.717) is 26.1 Å². The molecule has 0 unspecified atom stereocenters. The van der Waals surface area contributed by atoms with Crippen molar-refractivity contribution < 1.29 is 9.59 Å². The molecular weight excluding hydrogens is 354 g/mol. The average Bonchev–Trinajstić information content (AvgIpc) is 3.16. The first-order chi connectivity index (χ1) is 13.7. The van der Waals surface area contributed by atoms with E-state index in [-0.39, 0.29) is 23.6 Å². The summed E-state index contributed by atoms with van der Waals surface area (Å²) >= 11 is 0. The first-order valence-corrected chi connectivity index (χ1v) is 9.25. The van der Waals surface area contributed by atoms with Crippen molar-refractivity contribution in [3.63, 3.8) is 0 Å². The van der Waals surface area contributed by atoms with Crippen molar-refractivity contribution in [1.29, 1.82) is 0 Å². The Bertz CT molecular complexity index is 949. The SMILES string of the molecule is O=C(NCc1ccccc1)c1cn(C2CN(C(=O)Cc3ccccc3)C2)nn1. The minimum absolute atomic E-state index is 0.0582. The summed E-state index contributed by atoms with van der Waals surface area (Å²) < 4.78 is 1.67. The van der Waals surface area contributed by atoms with Crippen molar-refractivity contribution in [3.05, 3.63) is 83.7 Å². The molecule has 1 fully saturated rings. The fourth-order valence-electron chi connectivity index (χ4n) is 3.14. The molecule has 7 heteroatoms. The molecule has 4 rings (SSSR count). The molecule has 7 nitrogen and oxygen atoms in total. The molecule has 142 valence electrons. The van der Waals surface area contributed by atoms with Gasteiger partial charge >= 0.3 is 0 Å². The molecule has 0 bridgehead atoms. The van der Waals surface area contributed by atoms with Gasteiger partial charge in [-0.15, -0.1) is 5.10 Å². The Kier molecular flexibility index (Phi) is 5.14. The molecule has 1 aromatic heterocycles.